The number of cyclic esters (lactones) is 1. The molecule has 7 aliphatic rings. The zero-order valence-electron chi connectivity index (χ0n) is 32.2. The highest BCUT2D eigenvalue weighted by Gasteiger charge is 2.62. The molecule has 3 saturated carbocycles. The molecule has 0 amide bonds. The van der Waals surface area contributed by atoms with E-state index in [1.807, 2.05) is 6.92 Å². The van der Waals surface area contributed by atoms with E-state index in [0.717, 1.165) is 43.3 Å². The average Bonchev–Trinajstić information content (AvgIpc) is 3.51. The van der Waals surface area contributed by atoms with E-state index in [1.54, 1.807) is 0 Å². The van der Waals surface area contributed by atoms with Gasteiger partial charge in [0, 0.05) is 18.3 Å². The van der Waals surface area contributed by atoms with Gasteiger partial charge in [0.05, 0.1) is 37.6 Å². The Kier molecular flexibility index (Phi) is 12.0. The van der Waals surface area contributed by atoms with Crippen molar-refractivity contribution in [2.45, 2.75) is 159 Å². The van der Waals surface area contributed by atoms with Crippen molar-refractivity contribution in [1.82, 2.24) is 0 Å². The van der Waals surface area contributed by atoms with Gasteiger partial charge in [0.2, 0.25) is 0 Å². The van der Waals surface area contributed by atoms with Crippen molar-refractivity contribution in [3.05, 3.63) is 22.8 Å². The van der Waals surface area contributed by atoms with Gasteiger partial charge in [-0.3, -0.25) is 0 Å². The number of fused-ring (bicyclic) bond motifs is 5. The first-order valence-corrected chi connectivity index (χ1v) is 20.2. The number of hydrogen-bond donors (Lipinski definition) is 9. The van der Waals surface area contributed by atoms with E-state index in [9.17, 15) is 50.8 Å². The Bertz CT molecular complexity index is 1470. The van der Waals surface area contributed by atoms with Crippen LogP contribution in [0.3, 0.4) is 0 Å². The Morgan fingerprint density at radius 3 is 2.18 bits per heavy atom. The smallest absolute Gasteiger partial charge is 0.336 e. The van der Waals surface area contributed by atoms with Gasteiger partial charge in [-0.15, -0.1) is 0 Å². The van der Waals surface area contributed by atoms with E-state index >= 15 is 0 Å². The summed E-state index contributed by atoms with van der Waals surface area (Å²) in [5.74, 6) is 1.26. The number of aliphatic hydroxyl groups is 9. The largest absolute Gasteiger partial charge is 0.458 e. The fourth-order valence-electron chi connectivity index (χ4n) is 12.2. The Balaban J connectivity index is 1.01. The quantitative estimate of drug-likeness (QED) is 0.109. The molecule has 3 aliphatic heterocycles. The lowest BCUT2D eigenvalue weighted by atomic mass is 9.46. The SMILES string of the molecule is CC1=C(CO)C(=O)OC([C@@H](C)C2CCC3C4CC=C5C[C@@H](O[C@@H]6O[C@H](CO)[C@@H](O[C@@H]7O[C@H](CO)[C@@H](O)[C@H](O)[C@H]7O)[C@H](O)[C@H]6O)C[C@H](O)[C@]5(C)C4CC[C@@]32C)C1. The lowest BCUT2D eigenvalue weighted by Crippen LogP contribution is -2.65. The summed E-state index contributed by atoms with van der Waals surface area (Å²) in [5, 5.41) is 94.3. The maximum atomic E-state index is 12.7. The van der Waals surface area contributed by atoms with Crippen LogP contribution in [-0.4, -0.2) is 151 Å². The molecule has 312 valence electrons. The van der Waals surface area contributed by atoms with Crippen LogP contribution in [0.4, 0.5) is 0 Å². The molecule has 0 aromatic carbocycles. The summed E-state index contributed by atoms with van der Waals surface area (Å²) in [6, 6.07) is 0. The molecule has 15 nitrogen and oxygen atoms in total. The molecule has 0 bridgehead atoms. The number of hydrogen-bond acceptors (Lipinski definition) is 15. The van der Waals surface area contributed by atoms with Crippen LogP contribution >= 0.6 is 0 Å². The maximum Gasteiger partial charge on any atom is 0.336 e. The van der Waals surface area contributed by atoms with E-state index in [2.05, 4.69) is 26.8 Å². The number of aliphatic hydroxyl groups excluding tert-OH is 9. The molecule has 55 heavy (non-hydrogen) atoms. The lowest BCUT2D eigenvalue weighted by molar-refractivity contribution is -0.363. The highest BCUT2D eigenvalue weighted by Crippen LogP contribution is 2.67. The Hall–Kier alpha value is -1.57. The van der Waals surface area contributed by atoms with E-state index < -0.39 is 98.2 Å². The maximum absolute atomic E-state index is 12.7. The zero-order valence-corrected chi connectivity index (χ0v) is 32.2. The van der Waals surface area contributed by atoms with E-state index in [0.29, 0.717) is 36.2 Å². The van der Waals surface area contributed by atoms with Gasteiger partial charge in [0.25, 0.3) is 0 Å². The van der Waals surface area contributed by atoms with Crippen LogP contribution in [0.1, 0.15) is 79.1 Å². The second-order valence-electron chi connectivity index (χ2n) is 18.0. The Morgan fingerprint density at radius 1 is 0.836 bits per heavy atom. The standard InChI is InChI=1S/C40H62O15/c1-17-11-26(52-36(50)22(17)14-41)18(2)23-7-8-24-21-6-5-19-12-20(13-29(44)40(19,4)25(21)9-10-39(23,24)3)51-37-34(49)32(47)35(28(16-43)54-37)55-38-33(48)31(46)30(45)27(15-42)53-38/h5,18,20-21,23-35,37-38,41-49H,6-16H2,1-4H3/t18-,20+,21?,23?,24?,25?,26?,27+,28+,29-,30+,31-,32+,33+,34+,35+,37+,38-,39+,40-/m0/s1. The fraction of sp³-hybridized carbons (Fsp3) is 0.875. The minimum atomic E-state index is -1.76. The number of carbonyl (C=O) groups excluding carboxylic acids is 1. The summed E-state index contributed by atoms with van der Waals surface area (Å²) >= 11 is 0. The van der Waals surface area contributed by atoms with Gasteiger partial charge < -0.3 is 69.6 Å². The van der Waals surface area contributed by atoms with Crippen molar-refractivity contribution in [2.75, 3.05) is 19.8 Å². The molecular weight excluding hydrogens is 720 g/mol. The first kappa shape index (κ1) is 41.6. The summed E-state index contributed by atoms with van der Waals surface area (Å²) in [5.41, 5.74) is 1.98. The first-order chi connectivity index (χ1) is 26.1. The molecule has 5 unspecified atom stereocenters. The second kappa shape index (κ2) is 15.9. The van der Waals surface area contributed by atoms with Crippen molar-refractivity contribution < 1.29 is 74.4 Å². The molecule has 0 radical (unpaired) electrons. The third-order valence-electron chi connectivity index (χ3n) is 15.4. The Morgan fingerprint density at radius 2 is 1.51 bits per heavy atom. The van der Waals surface area contributed by atoms with Gasteiger partial charge in [0.1, 0.15) is 54.9 Å². The first-order valence-electron chi connectivity index (χ1n) is 20.2. The van der Waals surface area contributed by atoms with Crippen LogP contribution in [0.25, 0.3) is 0 Å². The van der Waals surface area contributed by atoms with Gasteiger partial charge in [0.15, 0.2) is 12.6 Å². The summed E-state index contributed by atoms with van der Waals surface area (Å²) in [6.07, 6.45) is -8.28. The van der Waals surface area contributed by atoms with Crippen LogP contribution in [0.5, 0.6) is 0 Å². The van der Waals surface area contributed by atoms with Gasteiger partial charge in [-0.25, -0.2) is 4.79 Å². The Labute approximate surface area is 321 Å². The van der Waals surface area contributed by atoms with Crippen molar-refractivity contribution in [2.24, 2.45) is 40.4 Å². The van der Waals surface area contributed by atoms with E-state index in [-0.39, 0.29) is 36.4 Å². The van der Waals surface area contributed by atoms with Gasteiger partial charge in [-0.05, 0) is 80.5 Å². The summed E-state index contributed by atoms with van der Waals surface area (Å²) in [4.78, 5) is 12.7. The van der Waals surface area contributed by atoms with Crippen LogP contribution in [0.15, 0.2) is 22.8 Å². The topological polar surface area (TPSA) is 245 Å². The molecule has 0 aromatic heterocycles. The number of ether oxygens (including phenoxy) is 5. The molecule has 2 saturated heterocycles. The third kappa shape index (κ3) is 6.96. The van der Waals surface area contributed by atoms with Crippen LogP contribution < -0.4 is 0 Å². The number of carbonyl (C=O) groups is 1. The fourth-order valence-corrected chi connectivity index (χ4v) is 12.2. The van der Waals surface area contributed by atoms with Crippen molar-refractivity contribution >= 4 is 5.97 Å². The third-order valence-corrected chi connectivity index (χ3v) is 15.4. The van der Waals surface area contributed by atoms with E-state index in [1.165, 1.54) is 0 Å². The van der Waals surface area contributed by atoms with Gasteiger partial charge in [-0.2, -0.15) is 0 Å². The number of allylic oxidation sites excluding steroid dienone is 1. The minimum Gasteiger partial charge on any atom is -0.458 e. The number of rotatable bonds is 9. The van der Waals surface area contributed by atoms with Crippen LogP contribution in [0, 0.1) is 40.4 Å². The lowest BCUT2D eigenvalue weighted by Gasteiger charge is -2.60. The van der Waals surface area contributed by atoms with Gasteiger partial charge in [-0.1, -0.05) is 38.0 Å². The van der Waals surface area contributed by atoms with Crippen molar-refractivity contribution in [3.8, 4) is 0 Å². The highest BCUT2D eigenvalue weighted by atomic mass is 16.7. The highest BCUT2D eigenvalue weighted by molar-refractivity contribution is 5.90. The van der Waals surface area contributed by atoms with Gasteiger partial charge >= 0.3 is 5.97 Å². The van der Waals surface area contributed by atoms with Crippen LogP contribution in [-0.2, 0) is 28.5 Å². The molecule has 5 fully saturated rings. The molecule has 7 rings (SSSR count). The summed E-state index contributed by atoms with van der Waals surface area (Å²) < 4.78 is 29.1. The molecule has 0 aromatic rings. The minimum absolute atomic E-state index is 0.0672. The van der Waals surface area contributed by atoms with Crippen molar-refractivity contribution in [3.63, 3.8) is 0 Å². The van der Waals surface area contributed by atoms with Crippen molar-refractivity contribution in [1.29, 1.82) is 0 Å². The monoisotopic (exact) mass is 782 g/mol. The molecule has 4 aliphatic carbocycles. The molecule has 15 heteroatoms. The predicted molar refractivity (Wildman–Crippen MR) is 191 cm³/mol. The second-order valence-corrected chi connectivity index (χ2v) is 18.0. The molecule has 0 spiro atoms. The normalized spacial score (nSPS) is 50.7. The molecule has 3 heterocycles. The average molecular weight is 783 g/mol. The molecular formula is C40H62O15. The summed E-state index contributed by atoms with van der Waals surface area (Å²) in [7, 11) is 0. The molecule has 9 N–H and O–H groups in total. The zero-order chi connectivity index (χ0) is 39.7. The summed E-state index contributed by atoms with van der Waals surface area (Å²) in [6.45, 7) is 7.05. The van der Waals surface area contributed by atoms with Crippen LogP contribution in [0.2, 0.25) is 0 Å². The van der Waals surface area contributed by atoms with E-state index in [4.69, 9.17) is 23.7 Å². The predicted octanol–water partition coefficient (Wildman–Crippen LogP) is -0.194. The number of esters is 1. The molecule has 20 atom stereocenters.